The molecule has 1 aliphatic rings. The first-order chi connectivity index (χ1) is 12.6. The van der Waals surface area contributed by atoms with Crippen LogP contribution in [0.3, 0.4) is 0 Å². The van der Waals surface area contributed by atoms with E-state index in [9.17, 15) is 10.1 Å². The molecule has 0 bridgehead atoms. The van der Waals surface area contributed by atoms with Gasteiger partial charge in [-0.25, -0.2) is 0 Å². The van der Waals surface area contributed by atoms with Crippen LogP contribution in [0.4, 0.5) is 5.00 Å². The van der Waals surface area contributed by atoms with Gasteiger partial charge in [-0.1, -0.05) is 37.3 Å². The average Bonchev–Trinajstić information content (AvgIpc) is 3.07. The van der Waals surface area contributed by atoms with Gasteiger partial charge in [0.2, 0.25) is 0 Å². The number of fused-ring (bicyclic) bond motifs is 2. The molecule has 0 fully saturated rings. The zero-order valence-corrected chi connectivity index (χ0v) is 15.8. The summed E-state index contributed by atoms with van der Waals surface area (Å²) in [6.45, 7) is 2.20. The first kappa shape index (κ1) is 17.0. The van der Waals surface area contributed by atoms with Gasteiger partial charge in [0.15, 0.2) is 5.76 Å². The molecule has 130 valence electrons. The topological polar surface area (TPSA) is 66.0 Å². The SMILES string of the molecule is CC1CCc2c(C#N)c(NC(=O)c3cc4ccccc4o3)sc(=S)c2C1. The van der Waals surface area contributed by atoms with Gasteiger partial charge in [-0.05, 0) is 48.4 Å². The monoisotopic (exact) mass is 380 g/mol. The highest BCUT2D eigenvalue weighted by atomic mass is 32.1. The van der Waals surface area contributed by atoms with Gasteiger partial charge in [0, 0.05) is 5.39 Å². The Kier molecular flexibility index (Phi) is 4.35. The molecule has 1 aromatic carbocycles. The summed E-state index contributed by atoms with van der Waals surface area (Å²) in [4.78, 5) is 12.6. The molecule has 4 nitrogen and oxygen atoms in total. The Balaban J connectivity index is 1.72. The molecular formula is C20H16N2O2S2. The predicted molar refractivity (Wildman–Crippen MR) is 105 cm³/mol. The van der Waals surface area contributed by atoms with Crippen molar-refractivity contribution >= 4 is 45.4 Å². The van der Waals surface area contributed by atoms with E-state index in [4.69, 9.17) is 16.6 Å². The van der Waals surface area contributed by atoms with E-state index < -0.39 is 0 Å². The number of amides is 1. The lowest BCUT2D eigenvalue weighted by atomic mass is 9.85. The Labute approximate surface area is 160 Å². The van der Waals surface area contributed by atoms with E-state index in [2.05, 4.69) is 18.3 Å². The molecule has 26 heavy (non-hydrogen) atoms. The molecule has 6 heteroatoms. The highest BCUT2D eigenvalue weighted by molar-refractivity contribution is 7.73. The second-order valence-corrected chi connectivity index (χ2v) is 8.30. The second kappa shape index (κ2) is 6.67. The molecule has 0 saturated carbocycles. The van der Waals surface area contributed by atoms with Crippen LogP contribution in [0.15, 0.2) is 34.7 Å². The standard InChI is InChI=1S/C20H16N2O2S2/c1-11-6-7-13-14(8-11)20(25)26-19(15(13)10-21)22-18(23)17-9-12-4-2-3-5-16(12)24-17/h2-5,9,11H,6-8H2,1H3,(H,22,23). The van der Waals surface area contributed by atoms with Crippen LogP contribution in [0.5, 0.6) is 0 Å². The van der Waals surface area contributed by atoms with E-state index >= 15 is 0 Å². The minimum atomic E-state index is -0.368. The summed E-state index contributed by atoms with van der Waals surface area (Å²) in [5.41, 5.74) is 3.29. The van der Waals surface area contributed by atoms with Crippen molar-refractivity contribution in [3.63, 3.8) is 0 Å². The van der Waals surface area contributed by atoms with Crippen molar-refractivity contribution in [1.29, 1.82) is 5.26 Å². The zero-order chi connectivity index (χ0) is 18.3. The second-order valence-electron chi connectivity index (χ2n) is 6.61. The Morgan fingerprint density at radius 2 is 2.19 bits per heavy atom. The molecule has 1 N–H and O–H groups in total. The number of para-hydroxylation sites is 1. The minimum absolute atomic E-state index is 0.222. The molecule has 3 aromatic rings. The third kappa shape index (κ3) is 2.94. The van der Waals surface area contributed by atoms with E-state index in [-0.39, 0.29) is 11.7 Å². The van der Waals surface area contributed by atoms with Crippen LogP contribution in [0, 0.1) is 21.1 Å². The zero-order valence-electron chi connectivity index (χ0n) is 14.2. The minimum Gasteiger partial charge on any atom is -0.451 e. The molecule has 1 atom stereocenters. The summed E-state index contributed by atoms with van der Waals surface area (Å²) < 4.78 is 6.37. The summed E-state index contributed by atoms with van der Waals surface area (Å²) in [6.07, 6.45) is 2.75. The van der Waals surface area contributed by atoms with Gasteiger partial charge in [0.05, 0.1) is 9.39 Å². The van der Waals surface area contributed by atoms with Crippen molar-refractivity contribution in [2.24, 2.45) is 5.92 Å². The summed E-state index contributed by atoms with van der Waals surface area (Å²) in [5, 5.41) is 13.9. The Morgan fingerprint density at radius 1 is 1.38 bits per heavy atom. The van der Waals surface area contributed by atoms with E-state index in [1.165, 1.54) is 11.3 Å². The molecule has 2 aromatic heterocycles. The molecule has 4 rings (SSSR count). The van der Waals surface area contributed by atoms with E-state index in [0.717, 1.165) is 39.6 Å². The third-order valence-corrected chi connectivity index (χ3v) is 6.20. The molecule has 2 heterocycles. The quantitative estimate of drug-likeness (QED) is 0.599. The number of carbonyl (C=O) groups excluding carboxylic acids is 1. The lowest BCUT2D eigenvalue weighted by Crippen LogP contribution is -2.16. The van der Waals surface area contributed by atoms with Gasteiger partial charge in [-0.2, -0.15) is 5.26 Å². The van der Waals surface area contributed by atoms with Gasteiger partial charge in [0.25, 0.3) is 5.91 Å². The number of nitrogens with one attached hydrogen (secondary N) is 1. The fraction of sp³-hybridized carbons (Fsp3) is 0.250. The highest BCUT2D eigenvalue weighted by Crippen LogP contribution is 2.36. The summed E-state index contributed by atoms with van der Waals surface area (Å²) in [7, 11) is 0. The van der Waals surface area contributed by atoms with Gasteiger partial charge >= 0.3 is 0 Å². The van der Waals surface area contributed by atoms with E-state index in [1.54, 1.807) is 6.07 Å². The van der Waals surface area contributed by atoms with Crippen LogP contribution < -0.4 is 5.32 Å². The van der Waals surface area contributed by atoms with Crippen LogP contribution >= 0.6 is 23.6 Å². The summed E-state index contributed by atoms with van der Waals surface area (Å²) in [5.74, 6) is 0.422. The van der Waals surface area contributed by atoms with Crippen molar-refractivity contribution < 1.29 is 9.21 Å². The van der Waals surface area contributed by atoms with Crippen molar-refractivity contribution in [1.82, 2.24) is 0 Å². The molecular weight excluding hydrogens is 364 g/mol. The van der Waals surface area contributed by atoms with Gasteiger partial charge in [-0.3, -0.25) is 4.79 Å². The number of benzene rings is 1. The average molecular weight is 380 g/mol. The van der Waals surface area contributed by atoms with Gasteiger partial charge < -0.3 is 9.73 Å². The molecule has 1 aliphatic carbocycles. The highest BCUT2D eigenvalue weighted by Gasteiger charge is 2.24. The molecule has 0 spiro atoms. The number of anilines is 1. The Bertz CT molecular complexity index is 1090. The van der Waals surface area contributed by atoms with Crippen molar-refractivity contribution in [2.45, 2.75) is 26.2 Å². The maximum Gasteiger partial charge on any atom is 0.292 e. The normalized spacial score (nSPS) is 16.1. The van der Waals surface area contributed by atoms with Gasteiger partial charge in [0.1, 0.15) is 16.7 Å². The van der Waals surface area contributed by atoms with E-state index in [1.807, 2.05) is 24.3 Å². The van der Waals surface area contributed by atoms with Crippen LogP contribution in [-0.4, -0.2) is 5.91 Å². The molecule has 0 saturated heterocycles. The Morgan fingerprint density at radius 3 is 2.96 bits per heavy atom. The van der Waals surface area contributed by atoms with Crippen molar-refractivity contribution in [3.05, 3.63) is 56.6 Å². The summed E-state index contributed by atoms with van der Waals surface area (Å²) >= 11 is 6.84. The van der Waals surface area contributed by atoms with Crippen LogP contribution in [0.1, 0.15) is 40.6 Å². The first-order valence-corrected chi connectivity index (χ1v) is 9.68. The van der Waals surface area contributed by atoms with Crippen molar-refractivity contribution in [3.8, 4) is 6.07 Å². The van der Waals surface area contributed by atoms with Gasteiger partial charge in [-0.15, -0.1) is 11.3 Å². The number of rotatable bonds is 2. The maximum atomic E-state index is 12.6. The molecule has 1 amide bonds. The molecule has 0 aliphatic heterocycles. The number of hydrogen-bond acceptors (Lipinski definition) is 5. The fourth-order valence-corrected chi connectivity index (χ4v) is 4.79. The summed E-state index contributed by atoms with van der Waals surface area (Å²) in [6, 6.07) is 11.4. The Hall–Kier alpha value is -2.49. The van der Waals surface area contributed by atoms with Crippen LogP contribution in [-0.2, 0) is 12.8 Å². The first-order valence-electron chi connectivity index (χ1n) is 8.45. The maximum absolute atomic E-state index is 12.6. The molecule has 0 radical (unpaired) electrons. The molecule has 1 unspecified atom stereocenters. The number of nitrogens with zero attached hydrogens (tertiary/aromatic N) is 1. The van der Waals surface area contributed by atoms with Crippen LogP contribution in [0.2, 0.25) is 0 Å². The van der Waals surface area contributed by atoms with Crippen molar-refractivity contribution in [2.75, 3.05) is 5.32 Å². The smallest absolute Gasteiger partial charge is 0.292 e. The fourth-order valence-electron chi connectivity index (χ4n) is 3.40. The van der Waals surface area contributed by atoms with E-state index in [0.29, 0.717) is 22.1 Å². The predicted octanol–water partition coefficient (Wildman–Crippen LogP) is 5.47. The third-order valence-electron chi connectivity index (χ3n) is 4.76. The number of furan rings is 1. The largest absolute Gasteiger partial charge is 0.451 e. The lowest BCUT2D eigenvalue weighted by Gasteiger charge is -2.23. The van der Waals surface area contributed by atoms with Crippen LogP contribution in [0.25, 0.3) is 11.0 Å². The lowest BCUT2D eigenvalue weighted by molar-refractivity contribution is 0.0999. The number of carbonyl (C=O) groups is 1. The number of hydrogen-bond donors (Lipinski definition) is 1. The number of nitriles is 1.